The van der Waals surface area contributed by atoms with Gasteiger partial charge in [-0.05, 0) is 31.7 Å². The number of aromatic amines is 1. The Kier molecular flexibility index (Phi) is 3.59. The quantitative estimate of drug-likeness (QED) is 0.877. The van der Waals surface area contributed by atoms with Crippen LogP contribution in [-0.4, -0.2) is 30.3 Å². The Morgan fingerprint density at radius 3 is 2.67 bits per heavy atom. The molecule has 5 nitrogen and oxygen atoms in total. The molecule has 18 heavy (non-hydrogen) atoms. The molecule has 6 heteroatoms. The molecule has 0 radical (unpaired) electrons. The lowest BCUT2D eigenvalue weighted by Crippen LogP contribution is -2.45. The van der Waals surface area contributed by atoms with Crippen molar-refractivity contribution in [3.05, 3.63) is 28.7 Å². The van der Waals surface area contributed by atoms with Gasteiger partial charge in [0, 0.05) is 24.8 Å². The summed E-state index contributed by atoms with van der Waals surface area (Å²) in [6.45, 7) is 4.55. The third kappa shape index (κ3) is 2.35. The molecule has 0 aromatic carbocycles. The highest BCUT2D eigenvalue weighted by Gasteiger charge is 2.34. The van der Waals surface area contributed by atoms with E-state index >= 15 is 0 Å². The summed E-state index contributed by atoms with van der Waals surface area (Å²) in [5.41, 5.74) is -0.297. The van der Waals surface area contributed by atoms with Gasteiger partial charge in [0.15, 0.2) is 0 Å². The zero-order chi connectivity index (χ0) is 13.3. The summed E-state index contributed by atoms with van der Waals surface area (Å²) in [6, 6.07) is 2.60. The van der Waals surface area contributed by atoms with Gasteiger partial charge in [-0.15, -0.1) is 0 Å². The van der Waals surface area contributed by atoms with Crippen LogP contribution in [0.2, 0.25) is 0 Å². The Bertz CT molecular complexity index is 559. The van der Waals surface area contributed by atoms with E-state index in [-0.39, 0.29) is 16.5 Å². The van der Waals surface area contributed by atoms with Crippen molar-refractivity contribution in [1.82, 2.24) is 9.29 Å². The van der Waals surface area contributed by atoms with Crippen LogP contribution in [0.4, 0.5) is 0 Å². The van der Waals surface area contributed by atoms with Gasteiger partial charge >= 0.3 is 0 Å². The smallest absolute Gasteiger partial charge is 0.247 e. The second kappa shape index (κ2) is 4.85. The summed E-state index contributed by atoms with van der Waals surface area (Å²) in [5.74, 6) is 0.358. The molecule has 0 amide bonds. The molecule has 1 fully saturated rings. The molecular formula is C12H18N2O3S. The highest BCUT2D eigenvalue weighted by atomic mass is 32.2. The fraction of sp³-hybridized carbons (Fsp3) is 0.583. The first-order chi connectivity index (χ1) is 8.43. The molecule has 0 aliphatic carbocycles. The van der Waals surface area contributed by atoms with E-state index in [1.807, 2.05) is 6.92 Å². The van der Waals surface area contributed by atoms with Crippen LogP contribution in [0.25, 0.3) is 0 Å². The Morgan fingerprint density at radius 2 is 2.06 bits per heavy atom. The Labute approximate surface area is 107 Å². The maximum Gasteiger partial charge on any atom is 0.247 e. The van der Waals surface area contributed by atoms with Gasteiger partial charge in [-0.1, -0.05) is 6.92 Å². The fourth-order valence-electron chi connectivity index (χ4n) is 2.33. The minimum Gasteiger partial charge on any atom is -0.328 e. The zero-order valence-corrected chi connectivity index (χ0v) is 11.4. The maximum absolute atomic E-state index is 12.5. The lowest BCUT2D eigenvalue weighted by molar-refractivity contribution is 0.202. The average Bonchev–Trinajstić information content (AvgIpc) is 2.33. The topological polar surface area (TPSA) is 70.2 Å². The lowest BCUT2D eigenvalue weighted by Gasteiger charge is -2.36. The van der Waals surface area contributed by atoms with Crippen molar-refractivity contribution in [2.45, 2.75) is 37.6 Å². The fourth-order valence-corrected chi connectivity index (χ4v) is 4.06. The van der Waals surface area contributed by atoms with Crippen LogP contribution in [0, 0.1) is 5.92 Å². The molecule has 2 atom stereocenters. The summed E-state index contributed by atoms with van der Waals surface area (Å²) >= 11 is 0. The number of rotatable bonds is 2. The van der Waals surface area contributed by atoms with Crippen molar-refractivity contribution in [1.29, 1.82) is 0 Å². The van der Waals surface area contributed by atoms with Gasteiger partial charge in [-0.2, -0.15) is 4.31 Å². The number of nitrogens with zero attached hydrogens (tertiary/aromatic N) is 1. The minimum absolute atomic E-state index is 0.00400. The van der Waals surface area contributed by atoms with Gasteiger partial charge in [-0.25, -0.2) is 8.42 Å². The molecule has 2 heterocycles. The lowest BCUT2D eigenvalue weighted by atomic mass is 9.94. The molecule has 100 valence electrons. The first-order valence-electron chi connectivity index (χ1n) is 6.13. The summed E-state index contributed by atoms with van der Waals surface area (Å²) in [7, 11) is -3.50. The number of hydrogen-bond acceptors (Lipinski definition) is 3. The molecule has 1 aromatic rings. The van der Waals surface area contributed by atoms with E-state index in [4.69, 9.17) is 0 Å². The summed E-state index contributed by atoms with van der Waals surface area (Å²) in [6.07, 6.45) is 3.20. The normalized spacial score (nSPS) is 26.1. The number of piperidine rings is 1. The number of hydrogen-bond donors (Lipinski definition) is 1. The van der Waals surface area contributed by atoms with Crippen molar-refractivity contribution >= 4 is 10.0 Å². The van der Waals surface area contributed by atoms with Gasteiger partial charge < -0.3 is 4.98 Å². The average molecular weight is 270 g/mol. The predicted octanol–water partition coefficient (Wildman–Crippen LogP) is 1.18. The Morgan fingerprint density at radius 1 is 1.33 bits per heavy atom. The largest absolute Gasteiger partial charge is 0.328 e. The standard InChI is InChI=1S/C12H18N2O3S/c1-9-4-3-7-14(10(9)2)18(16,17)11-5-6-12(15)13-8-11/h5-6,8-10H,3-4,7H2,1-2H3,(H,13,15). The number of pyridine rings is 1. The second-order valence-electron chi connectivity index (χ2n) is 4.86. The van der Waals surface area contributed by atoms with E-state index in [1.54, 1.807) is 0 Å². The molecule has 0 bridgehead atoms. The monoisotopic (exact) mass is 270 g/mol. The van der Waals surface area contributed by atoms with E-state index < -0.39 is 10.0 Å². The van der Waals surface area contributed by atoms with Gasteiger partial charge in [0.05, 0.1) is 4.90 Å². The first-order valence-corrected chi connectivity index (χ1v) is 7.57. The van der Waals surface area contributed by atoms with Crippen LogP contribution in [0.3, 0.4) is 0 Å². The van der Waals surface area contributed by atoms with Gasteiger partial charge in [-0.3, -0.25) is 4.79 Å². The van der Waals surface area contributed by atoms with Crippen molar-refractivity contribution in [3.8, 4) is 0 Å². The summed E-state index contributed by atoms with van der Waals surface area (Å²) in [5, 5.41) is 0. The van der Waals surface area contributed by atoms with Crippen molar-refractivity contribution in [2.24, 2.45) is 5.92 Å². The van der Waals surface area contributed by atoms with Crippen LogP contribution >= 0.6 is 0 Å². The van der Waals surface area contributed by atoms with E-state index in [2.05, 4.69) is 11.9 Å². The molecule has 1 aliphatic heterocycles. The summed E-state index contributed by atoms with van der Waals surface area (Å²) in [4.78, 5) is 13.5. The predicted molar refractivity (Wildman–Crippen MR) is 68.8 cm³/mol. The second-order valence-corrected chi connectivity index (χ2v) is 6.76. The number of H-pyrrole nitrogens is 1. The molecule has 1 N–H and O–H groups in total. The van der Waals surface area contributed by atoms with Crippen molar-refractivity contribution in [3.63, 3.8) is 0 Å². The van der Waals surface area contributed by atoms with Crippen LogP contribution in [0.1, 0.15) is 26.7 Å². The molecule has 0 saturated carbocycles. The molecule has 1 aliphatic rings. The number of aromatic nitrogens is 1. The van der Waals surface area contributed by atoms with Crippen molar-refractivity contribution in [2.75, 3.05) is 6.54 Å². The van der Waals surface area contributed by atoms with Crippen LogP contribution in [-0.2, 0) is 10.0 Å². The molecule has 1 saturated heterocycles. The molecule has 2 rings (SSSR count). The van der Waals surface area contributed by atoms with Crippen molar-refractivity contribution < 1.29 is 8.42 Å². The SMILES string of the molecule is CC1CCCN(S(=O)(=O)c2ccc(=O)[nH]c2)C1C. The van der Waals surface area contributed by atoms with Crippen LogP contribution in [0.5, 0.6) is 0 Å². The third-order valence-corrected chi connectivity index (χ3v) is 5.66. The van der Waals surface area contributed by atoms with E-state index in [9.17, 15) is 13.2 Å². The van der Waals surface area contributed by atoms with E-state index in [0.29, 0.717) is 12.5 Å². The molecule has 2 unspecified atom stereocenters. The Hall–Kier alpha value is -1.14. The van der Waals surface area contributed by atoms with E-state index in [1.165, 1.54) is 22.6 Å². The molecule has 1 aromatic heterocycles. The van der Waals surface area contributed by atoms with E-state index in [0.717, 1.165) is 12.8 Å². The first kappa shape index (κ1) is 13.3. The third-order valence-electron chi connectivity index (χ3n) is 3.68. The minimum atomic E-state index is -3.50. The number of sulfonamides is 1. The molecular weight excluding hydrogens is 252 g/mol. The molecule has 0 spiro atoms. The number of nitrogens with one attached hydrogen (secondary N) is 1. The summed E-state index contributed by atoms with van der Waals surface area (Å²) < 4.78 is 26.5. The van der Waals surface area contributed by atoms with Crippen LogP contribution in [0.15, 0.2) is 28.0 Å². The zero-order valence-electron chi connectivity index (χ0n) is 10.6. The van der Waals surface area contributed by atoms with Gasteiger partial charge in [0.1, 0.15) is 0 Å². The Balaban J connectivity index is 2.36. The van der Waals surface area contributed by atoms with Crippen LogP contribution < -0.4 is 5.56 Å². The highest BCUT2D eigenvalue weighted by Crippen LogP contribution is 2.28. The van der Waals surface area contributed by atoms with Gasteiger partial charge in [0.2, 0.25) is 15.6 Å². The highest BCUT2D eigenvalue weighted by molar-refractivity contribution is 7.89. The van der Waals surface area contributed by atoms with Gasteiger partial charge in [0.25, 0.3) is 0 Å². The maximum atomic E-state index is 12.5.